The molecule has 0 bridgehead atoms. The lowest BCUT2D eigenvalue weighted by atomic mass is 10.1. The van der Waals surface area contributed by atoms with Crippen LogP contribution in [0.15, 0.2) is 24.3 Å². The molecule has 1 saturated heterocycles. The highest BCUT2D eigenvalue weighted by molar-refractivity contribution is 5.54. The normalized spacial score (nSPS) is 17.7. The largest absolute Gasteiger partial charge is 0.380 e. The number of methoxy groups -OCH3 is 1. The van der Waals surface area contributed by atoms with Gasteiger partial charge in [-0.05, 0) is 38.6 Å². The molecule has 1 aromatic rings. The van der Waals surface area contributed by atoms with Crippen LogP contribution in [0.2, 0.25) is 0 Å². The van der Waals surface area contributed by atoms with Gasteiger partial charge in [-0.2, -0.15) is 0 Å². The van der Waals surface area contributed by atoms with E-state index in [1.54, 1.807) is 7.11 Å². The van der Waals surface area contributed by atoms with E-state index in [1.165, 1.54) is 37.3 Å². The second-order valence-electron chi connectivity index (χ2n) is 6.70. The Morgan fingerprint density at radius 3 is 2.52 bits per heavy atom. The Morgan fingerprint density at radius 1 is 1.17 bits per heavy atom. The molecule has 0 radical (unpaired) electrons. The minimum Gasteiger partial charge on any atom is -0.380 e. The van der Waals surface area contributed by atoms with Crippen LogP contribution in [0, 0.1) is 0 Å². The molecule has 0 aromatic heterocycles. The standard InChI is InChI=1S/C19H33N3O/c1-5-10-21-11-13-22(14-12-21)19-9-7-6-8-18(19)16-20(3)15-17(2)23-4/h6-9,17H,5,10-16H2,1-4H3. The molecule has 1 aliphatic heterocycles. The smallest absolute Gasteiger partial charge is 0.0670 e. The topological polar surface area (TPSA) is 19.0 Å². The fraction of sp³-hybridized carbons (Fsp3) is 0.684. The predicted octanol–water partition coefficient (Wildman–Crippen LogP) is 2.69. The lowest BCUT2D eigenvalue weighted by Gasteiger charge is -2.37. The molecular formula is C19H33N3O. The molecule has 0 N–H and O–H groups in total. The molecule has 130 valence electrons. The van der Waals surface area contributed by atoms with Crippen molar-refractivity contribution < 1.29 is 4.74 Å². The number of ether oxygens (including phenoxy) is 1. The maximum absolute atomic E-state index is 5.38. The molecule has 4 heteroatoms. The van der Waals surface area contributed by atoms with Gasteiger partial charge in [0.1, 0.15) is 0 Å². The number of benzene rings is 1. The number of nitrogens with zero attached hydrogens (tertiary/aromatic N) is 3. The van der Waals surface area contributed by atoms with Crippen LogP contribution in [0.4, 0.5) is 5.69 Å². The van der Waals surface area contributed by atoms with Crippen molar-refractivity contribution in [3.63, 3.8) is 0 Å². The molecular weight excluding hydrogens is 286 g/mol. The van der Waals surface area contributed by atoms with E-state index < -0.39 is 0 Å². The van der Waals surface area contributed by atoms with Crippen molar-refractivity contribution in [3.8, 4) is 0 Å². The number of rotatable bonds is 8. The van der Waals surface area contributed by atoms with E-state index in [1.807, 2.05) is 0 Å². The van der Waals surface area contributed by atoms with Crippen molar-refractivity contribution in [2.75, 3.05) is 58.3 Å². The first kappa shape index (κ1) is 18.2. The summed E-state index contributed by atoms with van der Waals surface area (Å²) in [5.74, 6) is 0. The van der Waals surface area contributed by atoms with E-state index in [0.29, 0.717) is 0 Å². The van der Waals surface area contributed by atoms with Crippen LogP contribution < -0.4 is 4.90 Å². The van der Waals surface area contributed by atoms with E-state index >= 15 is 0 Å². The summed E-state index contributed by atoms with van der Waals surface area (Å²) in [5.41, 5.74) is 2.82. The second kappa shape index (κ2) is 9.26. The zero-order valence-electron chi connectivity index (χ0n) is 15.3. The summed E-state index contributed by atoms with van der Waals surface area (Å²) in [6.45, 7) is 12.2. The Labute approximate surface area is 142 Å². The summed E-state index contributed by atoms with van der Waals surface area (Å²) in [6, 6.07) is 8.86. The van der Waals surface area contributed by atoms with Crippen LogP contribution in [0.1, 0.15) is 25.8 Å². The van der Waals surface area contributed by atoms with Crippen molar-refractivity contribution in [3.05, 3.63) is 29.8 Å². The minimum absolute atomic E-state index is 0.268. The van der Waals surface area contributed by atoms with Gasteiger partial charge < -0.3 is 9.64 Å². The molecule has 1 aromatic carbocycles. The van der Waals surface area contributed by atoms with E-state index in [0.717, 1.165) is 26.2 Å². The molecule has 1 fully saturated rings. The van der Waals surface area contributed by atoms with Crippen molar-refractivity contribution in [1.29, 1.82) is 0 Å². The highest BCUT2D eigenvalue weighted by Crippen LogP contribution is 2.23. The van der Waals surface area contributed by atoms with Gasteiger partial charge in [-0.25, -0.2) is 0 Å². The SMILES string of the molecule is CCCN1CCN(c2ccccc2CN(C)CC(C)OC)CC1. The summed E-state index contributed by atoms with van der Waals surface area (Å²) in [6.07, 6.45) is 1.52. The second-order valence-corrected chi connectivity index (χ2v) is 6.70. The van der Waals surface area contributed by atoms with Crippen LogP contribution in [0.25, 0.3) is 0 Å². The van der Waals surface area contributed by atoms with Crippen molar-refractivity contribution >= 4 is 5.69 Å². The van der Waals surface area contributed by atoms with Crippen molar-refractivity contribution in [2.24, 2.45) is 0 Å². The molecule has 0 amide bonds. The van der Waals surface area contributed by atoms with Gasteiger partial charge in [-0.1, -0.05) is 25.1 Å². The fourth-order valence-electron chi connectivity index (χ4n) is 3.35. The Kier molecular flexibility index (Phi) is 7.34. The third kappa shape index (κ3) is 5.48. The summed E-state index contributed by atoms with van der Waals surface area (Å²) < 4.78 is 5.38. The monoisotopic (exact) mass is 319 g/mol. The van der Waals surface area contributed by atoms with E-state index in [9.17, 15) is 0 Å². The van der Waals surface area contributed by atoms with Gasteiger partial charge in [0, 0.05) is 52.1 Å². The first-order valence-electron chi connectivity index (χ1n) is 8.90. The zero-order chi connectivity index (χ0) is 16.7. The van der Waals surface area contributed by atoms with Crippen LogP contribution in [0.5, 0.6) is 0 Å². The Bertz CT molecular complexity index is 458. The predicted molar refractivity (Wildman–Crippen MR) is 98.2 cm³/mol. The van der Waals surface area contributed by atoms with E-state index in [2.05, 4.69) is 59.9 Å². The number of hydrogen-bond donors (Lipinski definition) is 0. The van der Waals surface area contributed by atoms with Crippen LogP contribution in [-0.2, 0) is 11.3 Å². The molecule has 0 aliphatic carbocycles. The number of anilines is 1. The minimum atomic E-state index is 0.268. The lowest BCUT2D eigenvalue weighted by Crippen LogP contribution is -2.47. The summed E-state index contributed by atoms with van der Waals surface area (Å²) >= 11 is 0. The summed E-state index contributed by atoms with van der Waals surface area (Å²) in [7, 11) is 3.95. The molecule has 1 atom stereocenters. The first-order chi connectivity index (χ1) is 11.1. The fourth-order valence-corrected chi connectivity index (χ4v) is 3.35. The summed E-state index contributed by atoms with van der Waals surface area (Å²) in [5, 5.41) is 0. The molecule has 1 heterocycles. The Morgan fingerprint density at radius 2 is 1.87 bits per heavy atom. The van der Waals surface area contributed by atoms with Crippen molar-refractivity contribution in [1.82, 2.24) is 9.80 Å². The van der Waals surface area contributed by atoms with Crippen LogP contribution >= 0.6 is 0 Å². The molecule has 2 rings (SSSR count). The quantitative estimate of drug-likeness (QED) is 0.733. The maximum Gasteiger partial charge on any atom is 0.0670 e. The first-order valence-corrected chi connectivity index (χ1v) is 8.90. The van der Waals surface area contributed by atoms with E-state index in [4.69, 9.17) is 4.74 Å². The van der Waals surface area contributed by atoms with Gasteiger partial charge in [-0.3, -0.25) is 9.80 Å². The molecule has 4 nitrogen and oxygen atoms in total. The third-order valence-electron chi connectivity index (χ3n) is 4.66. The Hall–Kier alpha value is -1.10. The van der Waals surface area contributed by atoms with Gasteiger partial charge in [0.15, 0.2) is 0 Å². The molecule has 0 spiro atoms. The number of piperazine rings is 1. The summed E-state index contributed by atoms with van der Waals surface area (Å²) in [4.78, 5) is 7.47. The molecule has 1 aliphatic rings. The number of likely N-dealkylation sites (N-methyl/N-ethyl adjacent to an activating group) is 1. The Balaban J connectivity index is 1.98. The van der Waals surface area contributed by atoms with Crippen molar-refractivity contribution in [2.45, 2.75) is 32.9 Å². The zero-order valence-corrected chi connectivity index (χ0v) is 15.3. The highest BCUT2D eigenvalue weighted by atomic mass is 16.5. The highest BCUT2D eigenvalue weighted by Gasteiger charge is 2.19. The maximum atomic E-state index is 5.38. The third-order valence-corrected chi connectivity index (χ3v) is 4.66. The molecule has 1 unspecified atom stereocenters. The average Bonchev–Trinajstić information content (AvgIpc) is 2.56. The lowest BCUT2D eigenvalue weighted by molar-refractivity contribution is 0.0837. The van der Waals surface area contributed by atoms with E-state index in [-0.39, 0.29) is 6.10 Å². The van der Waals surface area contributed by atoms with Gasteiger partial charge in [0.2, 0.25) is 0 Å². The van der Waals surface area contributed by atoms with Crippen LogP contribution in [0.3, 0.4) is 0 Å². The van der Waals surface area contributed by atoms with Gasteiger partial charge in [0.25, 0.3) is 0 Å². The molecule has 23 heavy (non-hydrogen) atoms. The number of para-hydroxylation sites is 1. The van der Waals surface area contributed by atoms with Crippen LogP contribution in [-0.4, -0.2) is 69.3 Å². The van der Waals surface area contributed by atoms with Gasteiger partial charge in [0.05, 0.1) is 6.10 Å². The molecule has 0 saturated carbocycles. The van der Waals surface area contributed by atoms with Gasteiger partial charge in [-0.15, -0.1) is 0 Å². The van der Waals surface area contributed by atoms with Gasteiger partial charge >= 0.3 is 0 Å². The average molecular weight is 319 g/mol. The number of hydrogen-bond acceptors (Lipinski definition) is 4.